The van der Waals surface area contributed by atoms with Gasteiger partial charge in [0.2, 0.25) is 0 Å². The number of aliphatic hydroxyl groups is 1. The summed E-state index contributed by atoms with van der Waals surface area (Å²) in [5.41, 5.74) is 0.145. The monoisotopic (exact) mass is 300 g/mol. The molecule has 1 aliphatic rings. The van der Waals surface area contributed by atoms with Crippen LogP contribution in [0.25, 0.3) is 0 Å². The van der Waals surface area contributed by atoms with Gasteiger partial charge in [-0.2, -0.15) is 0 Å². The van der Waals surface area contributed by atoms with Gasteiger partial charge in [0, 0.05) is 13.0 Å². The van der Waals surface area contributed by atoms with Gasteiger partial charge in [-0.25, -0.2) is 4.39 Å². The molecule has 0 spiro atoms. The Morgan fingerprint density at radius 2 is 2.05 bits per heavy atom. The molecule has 1 aromatic rings. The Kier molecular flexibility index (Phi) is 5.42. The van der Waals surface area contributed by atoms with Gasteiger partial charge >= 0.3 is 0 Å². The average molecular weight is 301 g/mol. The largest absolute Gasteiger partial charge is 0.390 e. The minimum atomic E-state index is -0.651. The summed E-state index contributed by atoms with van der Waals surface area (Å²) in [5.74, 6) is -0.439. The molecular weight excluding hydrogens is 279 g/mol. The van der Waals surface area contributed by atoms with Crippen LogP contribution in [0.2, 0.25) is 5.02 Å². The first-order valence-electron chi connectivity index (χ1n) is 7.34. The summed E-state index contributed by atoms with van der Waals surface area (Å²) in [7, 11) is 0. The van der Waals surface area contributed by atoms with Gasteiger partial charge in [-0.3, -0.25) is 0 Å². The first-order valence-corrected chi connectivity index (χ1v) is 7.72. The fourth-order valence-electron chi connectivity index (χ4n) is 3.11. The maximum atomic E-state index is 13.5. The second-order valence-corrected chi connectivity index (χ2v) is 5.87. The predicted octanol–water partition coefficient (Wildman–Crippen LogP) is 4.12. The number of aliphatic hydroxyl groups excluding tert-OH is 1. The van der Waals surface area contributed by atoms with Crippen molar-refractivity contribution < 1.29 is 14.2 Å². The van der Waals surface area contributed by atoms with Crippen molar-refractivity contribution in [2.24, 2.45) is 0 Å². The molecule has 0 heterocycles. The molecule has 0 aliphatic heterocycles. The summed E-state index contributed by atoms with van der Waals surface area (Å²) < 4.78 is 19.4. The minimum Gasteiger partial charge on any atom is -0.390 e. The van der Waals surface area contributed by atoms with E-state index in [0.717, 1.165) is 25.7 Å². The topological polar surface area (TPSA) is 29.5 Å². The molecule has 0 saturated heterocycles. The van der Waals surface area contributed by atoms with Crippen molar-refractivity contribution in [3.63, 3.8) is 0 Å². The number of hydrogen-bond donors (Lipinski definition) is 1. The van der Waals surface area contributed by atoms with Crippen molar-refractivity contribution in [1.82, 2.24) is 0 Å². The van der Waals surface area contributed by atoms with E-state index in [1.165, 1.54) is 12.5 Å². The van der Waals surface area contributed by atoms with Gasteiger partial charge in [0.1, 0.15) is 5.82 Å². The zero-order valence-electron chi connectivity index (χ0n) is 11.9. The third kappa shape index (κ3) is 3.33. The molecule has 20 heavy (non-hydrogen) atoms. The van der Waals surface area contributed by atoms with Crippen molar-refractivity contribution >= 4 is 11.6 Å². The zero-order valence-corrected chi connectivity index (χ0v) is 12.6. The van der Waals surface area contributed by atoms with E-state index in [2.05, 4.69) is 0 Å². The number of halogens is 2. The van der Waals surface area contributed by atoms with Gasteiger partial charge in [-0.15, -0.1) is 0 Å². The van der Waals surface area contributed by atoms with Gasteiger partial charge in [0.15, 0.2) is 0 Å². The highest BCUT2D eigenvalue weighted by Gasteiger charge is 2.40. The Balaban J connectivity index is 2.15. The van der Waals surface area contributed by atoms with E-state index in [1.54, 1.807) is 12.1 Å². The summed E-state index contributed by atoms with van der Waals surface area (Å²) in [5, 5.41) is 10.7. The van der Waals surface area contributed by atoms with Gasteiger partial charge in [0.25, 0.3) is 0 Å². The third-order valence-electron chi connectivity index (χ3n) is 4.18. The van der Waals surface area contributed by atoms with E-state index in [1.807, 2.05) is 6.92 Å². The molecule has 1 fully saturated rings. The predicted molar refractivity (Wildman–Crippen MR) is 78.6 cm³/mol. The molecule has 0 radical (unpaired) electrons. The Hall–Kier alpha value is -0.640. The smallest absolute Gasteiger partial charge is 0.142 e. The molecule has 1 aliphatic carbocycles. The van der Waals surface area contributed by atoms with E-state index >= 15 is 0 Å². The molecule has 0 amide bonds. The molecule has 1 saturated carbocycles. The lowest BCUT2D eigenvalue weighted by molar-refractivity contribution is -0.138. The number of hydrogen-bond acceptors (Lipinski definition) is 2. The summed E-state index contributed by atoms with van der Waals surface area (Å²) in [6.07, 6.45) is 4.70. The summed E-state index contributed by atoms with van der Waals surface area (Å²) >= 11 is 5.97. The maximum Gasteiger partial charge on any atom is 0.142 e. The third-order valence-corrected chi connectivity index (χ3v) is 4.61. The minimum absolute atomic E-state index is 0.106. The molecule has 0 aromatic heterocycles. The lowest BCUT2D eigenvalue weighted by Crippen LogP contribution is -2.47. The molecule has 112 valence electrons. The van der Waals surface area contributed by atoms with Crippen molar-refractivity contribution in [2.75, 3.05) is 6.61 Å². The van der Waals surface area contributed by atoms with Crippen LogP contribution in [0.15, 0.2) is 18.2 Å². The van der Waals surface area contributed by atoms with Gasteiger partial charge < -0.3 is 9.84 Å². The normalized spacial score (nSPS) is 19.8. The highest BCUT2D eigenvalue weighted by molar-refractivity contribution is 6.31. The van der Waals surface area contributed by atoms with E-state index in [4.69, 9.17) is 16.3 Å². The highest BCUT2D eigenvalue weighted by Crippen LogP contribution is 2.36. The molecule has 1 aromatic carbocycles. The summed E-state index contributed by atoms with van der Waals surface area (Å²) in [6, 6.07) is 4.71. The number of benzene rings is 1. The molecule has 1 unspecified atom stereocenters. The van der Waals surface area contributed by atoms with Crippen molar-refractivity contribution in [3.8, 4) is 0 Å². The molecule has 4 heteroatoms. The summed E-state index contributed by atoms with van der Waals surface area (Å²) in [4.78, 5) is 0. The van der Waals surface area contributed by atoms with E-state index in [-0.39, 0.29) is 5.02 Å². The Morgan fingerprint density at radius 1 is 1.35 bits per heavy atom. The van der Waals surface area contributed by atoms with Crippen LogP contribution >= 0.6 is 11.6 Å². The van der Waals surface area contributed by atoms with Gasteiger partial charge in [-0.05, 0) is 31.4 Å². The van der Waals surface area contributed by atoms with Gasteiger partial charge in [-0.1, -0.05) is 43.0 Å². The zero-order chi connectivity index (χ0) is 14.6. The Labute approximate surface area is 124 Å². The molecule has 2 rings (SSSR count). The lowest BCUT2D eigenvalue weighted by atomic mass is 9.78. The van der Waals surface area contributed by atoms with Crippen LogP contribution < -0.4 is 0 Å². The second-order valence-electron chi connectivity index (χ2n) is 5.49. The number of ether oxygens (including phenoxy) is 1. The van der Waals surface area contributed by atoms with Crippen molar-refractivity contribution in [2.45, 2.75) is 57.2 Å². The molecule has 1 atom stereocenters. The maximum absolute atomic E-state index is 13.5. The van der Waals surface area contributed by atoms with Crippen LogP contribution in [0, 0.1) is 5.82 Å². The van der Waals surface area contributed by atoms with E-state index in [9.17, 15) is 9.50 Å². The standard InChI is InChI=1S/C16H22ClFO2/c1-2-20-16(9-4-3-5-10-16)14(19)11-12-7-6-8-13(18)15(12)17/h6-8,14,19H,2-5,9-11H2,1H3. The molecule has 0 bridgehead atoms. The van der Waals surface area contributed by atoms with Crippen molar-refractivity contribution in [3.05, 3.63) is 34.6 Å². The average Bonchev–Trinajstić information content (AvgIpc) is 2.45. The van der Waals surface area contributed by atoms with Crippen LogP contribution in [0.5, 0.6) is 0 Å². The molecule has 2 nitrogen and oxygen atoms in total. The summed E-state index contributed by atoms with van der Waals surface area (Å²) in [6.45, 7) is 2.52. The SMILES string of the molecule is CCOC1(C(O)Cc2cccc(F)c2Cl)CCCCC1. The van der Waals surface area contributed by atoms with Crippen molar-refractivity contribution in [1.29, 1.82) is 0 Å². The van der Waals surface area contributed by atoms with Gasteiger partial charge in [0.05, 0.1) is 16.7 Å². The molecular formula is C16H22ClFO2. The van der Waals surface area contributed by atoms with Crippen LogP contribution in [-0.2, 0) is 11.2 Å². The Bertz CT molecular complexity index is 439. The van der Waals surface area contributed by atoms with Crippen LogP contribution in [-0.4, -0.2) is 23.4 Å². The first-order chi connectivity index (χ1) is 9.59. The fourth-order valence-corrected chi connectivity index (χ4v) is 3.32. The molecule has 1 N–H and O–H groups in total. The fraction of sp³-hybridized carbons (Fsp3) is 0.625. The van der Waals surface area contributed by atoms with Crippen LogP contribution in [0.4, 0.5) is 4.39 Å². The highest BCUT2D eigenvalue weighted by atomic mass is 35.5. The van der Waals surface area contributed by atoms with E-state index < -0.39 is 17.5 Å². The Morgan fingerprint density at radius 3 is 2.70 bits per heavy atom. The van der Waals surface area contributed by atoms with Crippen LogP contribution in [0.3, 0.4) is 0 Å². The van der Waals surface area contributed by atoms with E-state index in [0.29, 0.717) is 18.6 Å². The van der Waals surface area contributed by atoms with Crippen LogP contribution in [0.1, 0.15) is 44.6 Å². The number of rotatable bonds is 5. The first kappa shape index (κ1) is 15.7. The second kappa shape index (κ2) is 6.88. The lowest BCUT2D eigenvalue weighted by Gasteiger charge is -2.41. The quantitative estimate of drug-likeness (QED) is 0.886.